The molecule has 1 unspecified atom stereocenters. The molecule has 0 aliphatic rings. The van der Waals surface area contributed by atoms with E-state index in [1.807, 2.05) is 55.5 Å². The zero-order chi connectivity index (χ0) is 20.2. The van der Waals surface area contributed by atoms with Crippen LogP contribution in [0.1, 0.15) is 56.6 Å². The Morgan fingerprint density at radius 3 is 2.21 bits per heavy atom. The van der Waals surface area contributed by atoms with Crippen LogP contribution in [0.25, 0.3) is 0 Å². The Kier molecular flexibility index (Phi) is 8.92. The van der Waals surface area contributed by atoms with Crippen LogP contribution in [0.5, 0.6) is 0 Å². The van der Waals surface area contributed by atoms with Gasteiger partial charge in [-0.2, -0.15) is 0 Å². The number of rotatable bonds is 10. The number of benzene rings is 2. The van der Waals surface area contributed by atoms with E-state index in [2.05, 4.69) is 17.4 Å². The van der Waals surface area contributed by atoms with Gasteiger partial charge in [-0.1, -0.05) is 92.5 Å². The predicted molar refractivity (Wildman–Crippen MR) is 111 cm³/mol. The molecular weight excluding hydrogens is 352 g/mol. The van der Waals surface area contributed by atoms with E-state index in [1.165, 1.54) is 0 Å². The molecule has 0 bridgehead atoms. The van der Waals surface area contributed by atoms with Gasteiger partial charge in [0, 0.05) is 12.1 Å². The standard InChI is InChI=1S/C23H28N2O3/c1-3-5-12-17-24-22(26)21(19-15-10-7-11-16-19)25-28-23(27)20(4-2)18-13-8-6-9-14-18/h6-11,13-16,20H,3-5,12,17H2,1-2H3,(H,24,26)/b25-21-. The molecule has 0 aliphatic carbocycles. The van der Waals surface area contributed by atoms with E-state index >= 15 is 0 Å². The first-order chi connectivity index (χ1) is 13.7. The second kappa shape index (κ2) is 11.7. The van der Waals surface area contributed by atoms with E-state index in [0.717, 1.165) is 24.8 Å². The zero-order valence-electron chi connectivity index (χ0n) is 16.6. The van der Waals surface area contributed by atoms with Crippen molar-refractivity contribution in [3.63, 3.8) is 0 Å². The highest BCUT2D eigenvalue weighted by molar-refractivity contribution is 6.45. The molecule has 28 heavy (non-hydrogen) atoms. The van der Waals surface area contributed by atoms with E-state index in [4.69, 9.17) is 4.84 Å². The van der Waals surface area contributed by atoms with Crippen LogP contribution in [0.3, 0.4) is 0 Å². The second-order valence-electron chi connectivity index (χ2n) is 6.55. The summed E-state index contributed by atoms with van der Waals surface area (Å²) in [6.45, 7) is 4.59. The van der Waals surface area contributed by atoms with Gasteiger partial charge < -0.3 is 10.2 Å². The van der Waals surface area contributed by atoms with Crippen LogP contribution >= 0.6 is 0 Å². The smallest absolute Gasteiger partial charge is 0.342 e. The summed E-state index contributed by atoms with van der Waals surface area (Å²) < 4.78 is 0. The van der Waals surface area contributed by atoms with Gasteiger partial charge in [0.25, 0.3) is 5.91 Å². The van der Waals surface area contributed by atoms with Crippen molar-refractivity contribution < 1.29 is 14.4 Å². The highest BCUT2D eigenvalue weighted by Gasteiger charge is 2.22. The van der Waals surface area contributed by atoms with E-state index in [1.54, 1.807) is 12.1 Å². The number of carbonyl (C=O) groups is 2. The summed E-state index contributed by atoms with van der Waals surface area (Å²) in [5, 5.41) is 6.80. The number of nitrogens with zero attached hydrogens (tertiary/aromatic N) is 1. The minimum absolute atomic E-state index is 0.105. The molecule has 2 aromatic rings. The molecule has 0 aromatic heterocycles. The molecule has 0 saturated carbocycles. The van der Waals surface area contributed by atoms with Gasteiger partial charge in [-0.05, 0) is 18.4 Å². The molecule has 0 aliphatic heterocycles. The monoisotopic (exact) mass is 380 g/mol. The average Bonchev–Trinajstić information content (AvgIpc) is 2.73. The van der Waals surface area contributed by atoms with Crippen molar-refractivity contribution in [2.45, 2.75) is 45.4 Å². The van der Waals surface area contributed by atoms with Crippen molar-refractivity contribution >= 4 is 17.6 Å². The maximum absolute atomic E-state index is 12.6. The summed E-state index contributed by atoms with van der Waals surface area (Å²) in [7, 11) is 0. The fourth-order valence-corrected chi connectivity index (χ4v) is 2.86. The average molecular weight is 380 g/mol. The Labute approximate surface area is 166 Å². The molecular formula is C23H28N2O3. The lowest BCUT2D eigenvalue weighted by molar-refractivity contribution is -0.145. The number of hydrogen-bond acceptors (Lipinski definition) is 4. The predicted octanol–water partition coefficient (Wildman–Crippen LogP) is 4.43. The van der Waals surface area contributed by atoms with Gasteiger partial charge in [0.15, 0.2) is 5.71 Å². The molecule has 0 spiro atoms. The first kappa shape index (κ1) is 21.4. The van der Waals surface area contributed by atoms with Crippen molar-refractivity contribution in [3.05, 3.63) is 71.8 Å². The first-order valence-electron chi connectivity index (χ1n) is 9.84. The summed E-state index contributed by atoms with van der Waals surface area (Å²) in [5.41, 5.74) is 1.58. The second-order valence-corrected chi connectivity index (χ2v) is 6.55. The van der Waals surface area contributed by atoms with E-state index in [9.17, 15) is 9.59 Å². The third-order valence-corrected chi connectivity index (χ3v) is 4.45. The topological polar surface area (TPSA) is 67.8 Å². The first-order valence-corrected chi connectivity index (χ1v) is 9.84. The quantitative estimate of drug-likeness (QED) is 0.287. The Morgan fingerprint density at radius 1 is 0.964 bits per heavy atom. The van der Waals surface area contributed by atoms with Crippen LogP contribution in [0.4, 0.5) is 0 Å². The molecule has 2 aromatic carbocycles. The van der Waals surface area contributed by atoms with Crippen LogP contribution in [0.15, 0.2) is 65.8 Å². The molecule has 1 amide bonds. The van der Waals surface area contributed by atoms with Gasteiger partial charge in [-0.3, -0.25) is 4.79 Å². The number of amides is 1. The fraction of sp³-hybridized carbons (Fsp3) is 0.348. The van der Waals surface area contributed by atoms with Crippen molar-refractivity contribution in [3.8, 4) is 0 Å². The van der Waals surface area contributed by atoms with Gasteiger partial charge >= 0.3 is 5.97 Å². The lowest BCUT2D eigenvalue weighted by Crippen LogP contribution is -2.33. The highest BCUT2D eigenvalue weighted by atomic mass is 16.7. The summed E-state index contributed by atoms with van der Waals surface area (Å²) >= 11 is 0. The number of nitrogens with one attached hydrogen (secondary N) is 1. The molecule has 1 N–H and O–H groups in total. The summed E-state index contributed by atoms with van der Waals surface area (Å²) in [6, 6.07) is 18.5. The minimum Gasteiger partial charge on any atom is -0.351 e. The number of hydrogen-bond donors (Lipinski definition) is 1. The SMILES string of the molecule is CCCCCNC(=O)/C(=N\OC(=O)C(CC)c1ccccc1)c1ccccc1. The van der Waals surface area contributed by atoms with Crippen molar-refractivity contribution in [2.75, 3.05) is 6.54 Å². The van der Waals surface area contributed by atoms with E-state index < -0.39 is 11.9 Å². The van der Waals surface area contributed by atoms with Crippen LogP contribution in [-0.2, 0) is 14.4 Å². The fourth-order valence-electron chi connectivity index (χ4n) is 2.86. The maximum atomic E-state index is 12.6. The van der Waals surface area contributed by atoms with Crippen LogP contribution in [-0.4, -0.2) is 24.1 Å². The van der Waals surface area contributed by atoms with Crippen LogP contribution < -0.4 is 5.32 Å². The van der Waals surface area contributed by atoms with E-state index in [-0.39, 0.29) is 11.6 Å². The molecule has 0 heterocycles. The lowest BCUT2D eigenvalue weighted by Gasteiger charge is -2.12. The Balaban J connectivity index is 2.14. The summed E-state index contributed by atoms with van der Waals surface area (Å²) in [5.74, 6) is -1.24. The highest BCUT2D eigenvalue weighted by Crippen LogP contribution is 2.21. The molecule has 1 atom stereocenters. The Hall–Kier alpha value is -2.95. The van der Waals surface area contributed by atoms with Crippen LogP contribution in [0, 0.1) is 0 Å². The summed E-state index contributed by atoms with van der Waals surface area (Å²) in [4.78, 5) is 30.4. The molecule has 0 fully saturated rings. The van der Waals surface area contributed by atoms with Gasteiger partial charge in [-0.15, -0.1) is 0 Å². The van der Waals surface area contributed by atoms with Gasteiger partial charge in [0.1, 0.15) is 0 Å². The zero-order valence-corrected chi connectivity index (χ0v) is 16.6. The number of unbranched alkanes of at least 4 members (excludes halogenated alkanes) is 2. The lowest BCUT2D eigenvalue weighted by atomic mass is 9.97. The van der Waals surface area contributed by atoms with Gasteiger partial charge in [-0.25, -0.2) is 4.79 Å². The molecule has 0 radical (unpaired) electrons. The molecule has 0 saturated heterocycles. The normalized spacial score (nSPS) is 12.3. The van der Waals surface area contributed by atoms with Gasteiger partial charge in [0.2, 0.25) is 0 Å². The Bertz CT molecular complexity index is 773. The van der Waals surface area contributed by atoms with Crippen LogP contribution in [0.2, 0.25) is 0 Å². The largest absolute Gasteiger partial charge is 0.351 e. The third kappa shape index (κ3) is 6.34. The van der Waals surface area contributed by atoms with Crippen molar-refractivity contribution in [1.29, 1.82) is 0 Å². The maximum Gasteiger partial charge on any atom is 0.342 e. The third-order valence-electron chi connectivity index (χ3n) is 4.45. The minimum atomic E-state index is -0.471. The number of oxime groups is 1. The molecule has 2 rings (SSSR count). The van der Waals surface area contributed by atoms with Crippen molar-refractivity contribution in [1.82, 2.24) is 5.32 Å². The number of carbonyl (C=O) groups excluding carboxylic acids is 2. The van der Waals surface area contributed by atoms with E-state index in [0.29, 0.717) is 18.5 Å². The molecule has 5 heteroatoms. The molecule has 5 nitrogen and oxygen atoms in total. The molecule has 148 valence electrons. The van der Waals surface area contributed by atoms with Gasteiger partial charge in [0.05, 0.1) is 5.92 Å². The summed E-state index contributed by atoms with van der Waals surface area (Å²) in [6.07, 6.45) is 3.60. The van der Waals surface area contributed by atoms with Crippen molar-refractivity contribution in [2.24, 2.45) is 5.16 Å². The Morgan fingerprint density at radius 2 is 1.61 bits per heavy atom.